The number of amidine groups is 2. The van der Waals surface area contributed by atoms with Crippen LogP contribution in [0.25, 0.3) is 0 Å². The normalized spacial score (nSPS) is 16.2. The van der Waals surface area contributed by atoms with E-state index >= 15 is 0 Å². The van der Waals surface area contributed by atoms with Crippen molar-refractivity contribution in [3.05, 3.63) is 93.9 Å². The number of fused-ring (bicyclic) bond motifs is 3. The zero-order valence-corrected chi connectivity index (χ0v) is 19.8. The summed E-state index contributed by atoms with van der Waals surface area (Å²) in [4.78, 5) is 47.2. The topological polar surface area (TPSA) is 130 Å². The molecule has 1 atom stereocenters. The van der Waals surface area contributed by atoms with Gasteiger partial charge < -0.3 is 9.73 Å². The van der Waals surface area contributed by atoms with Gasteiger partial charge in [0, 0.05) is 29.9 Å². The maximum absolute atomic E-state index is 13.4. The standard InChI is InChI=1S/C25H21N5O5S/c31-22(26-14-18-7-4-12-35-18)11-10-21-24(32)29-23(27-21)19-8-1-2-9-20(19)28-25(29)36-15-16-5-3-6-17(13-16)30(33)34/h1-9,12-13,21H,10-11,14-15H2,(H,26,31)/t21-/m0/s1. The second-order valence-electron chi connectivity index (χ2n) is 8.16. The molecule has 0 spiro atoms. The zero-order chi connectivity index (χ0) is 25.1. The molecule has 2 amide bonds. The summed E-state index contributed by atoms with van der Waals surface area (Å²) in [6, 6.07) is 16.6. The van der Waals surface area contributed by atoms with Crippen molar-refractivity contribution in [1.29, 1.82) is 0 Å². The number of rotatable bonds is 8. The molecule has 2 aliphatic rings. The fourth-order valence-electron chi connectivity index (χ4n) is 3.95. The molecule has 11 heteroatoms. The van der Waals surface area contributed by atoms with Crippen molar-refractivity contribution in [2.45, 2.75) is 31.2 Å². The minimum absolute atomic E-state index is 0.00826. The summed E-state index contributed by atoms with van der Waals surface area (Å²) in [6.45, 7) is 0.281. The average molecular weight is 504 g/mol. The molecule has 3 heterocycles. The van der Waals surface area contributed by atoms with Crippen molar-refractivity contribution < 1.29 is 18.9 Å². The van der Waals surface area contributed by atoms with Crippen LogP contribution in [-0.4, -0.2) is 38.7 Å². The van der Waals surface area contributed by atoms with E-state index in [1.54, 1.807) is 30.5 Å². The Kier molecular flexibility index (Phi) is 6.63. The van der Waals surface area contributed by atoms with Crippen LogP contribution in [-0.2, 0) is 21.9 Å². The number of hydrogen-bond donors (Lipinski definition) is 1. The van der Waals surface area contributed by atoms with E-state index in [0.29, 0.717) is 28.2 Å². The Morgan fingerprint density at radius 2 is 2.03 bits per heavy atom. The summed E-state index contributed by atoms with van der Waals surface area (Å²) in [5.41, 5.74) is 2.19. The highest BCUT2D eigenvalue weighted by Crippen LogP contribution is 2.35. The molecule has 1 N–H and O–H groups in total. The summed E-state index contributed by atoms with van der Waals surface area (Å²) < 4.78 is 5.22. The van der Waals surface area contributed by atoms with Gasteiger partial charge in [-0.3, -0.25) is 24.7 Å². The lowest BCUT2D eigenvalue weighted by Crippen LogP contribution is -2.41. The van der Waals surface area contributed by atoms with E-state index in [1.165, 1.54) is 28.8 Å². The smallest absolute Gasteiger partial charge is 0.269 e. The van der Waals surface area contributed by atoms with E-state index in [2.05, 4.69) is 15.3 Å². The van der Waals surface area contributed by atoms with Gasteiger partial charge in [0.1, 0.15) is 17.6 Å². The summed E-state index contributed by atoms with van der Waals surface area (Å²) >= 11 is 1.31. The Morgan fingerprint density at radius 1 is 1.17 bits per heavy atom. The summed E-state index contributed by atoms with van der Waals surface area (Å²) in [5.74, 6) is 1.10. The first-order valence-corrected chi connectivity index (χ1v) is 12.2. The maximum Gasteiger partial charge on any atom is 0.269 e. The molecule has 0 fully saturated rings. The minimum Gasteiger partial charge on any atom is -0.467 e. The third-order valence-electron chi connectivity index (χ3n) is 5.72. The molecule has 36 heavy (non-hydrogen) atoms. The summed E-state index contributed by atoms with van der Waals surface area (Å²) in [5, 5.41) is 14.3. The Bertz CT molecular complexity index is 1380. The number of aliphatic imine (C=N–C) groups is 2. The molecule has 1 aromatic heterocycles. The van der Waals surface area contributed by atoms with Crippen LogP contribution < -0.4 is 5.32 Å². The fourth-order valence-corrected chi connectivity index (χ4v) is 4.89. The van der Waals surface area contributed by atoms with Crippen molar-refractivity contribution in [2.24, 2.45) is 9.98 Å². The molecule has 5 rings (SSSR count). The number of nitrogens with zero attached hydrogens (tertiary/aromatic N) is 4. The number of carbonyl (C=O) groups is 2. The van der Waals surface area contributed by atoms with Crippen LogP contribution in [0.5, 0.6) is 0 Å². The maximum atomic E-state index is 13.4. The van der Waals surface area contributed by atoms with Crippen LogP contribution in [0.1, 0.15) is 29.7 Å². The fraction of sp³-hybridized carbons (Fsp3) is 0.200. The van der Waals surface area contributed by atoms with Crippen LogP contribution in [0.2, 0.25) is 0 Å². The molecular formula is C25H21N5O5S. The highest BCUT2D eigenvalue weighted by molar-refractivity contribution is 8.13. The van der Waals surface area contributed by atoms with Crippen molar-refractivity contribution in [3.63, 3.8) is 0 Å². The highest BCUT2D eigenvalue weighted by atomic mass is 32.2. The lowest BCUT2D eigenvalue weighted by molar-refractivity contribution is -0.384. The first-order valence-electron chi connectivity index (χ1n) is 11.2. The number of thioether (sulfide) groups is 1. The first kappa shape index (κ1) is 23.5. The van der Waals surface area contributed by atoms with Crippen LogP contribution in [0.3, 0.4) is 0 Å². The second-order valence-corrected chi connectivity index (χ2v) is 9.11. The van der Waals surface area contributed by atoms with Gasteiger partial charge in [-0.25, -0.2) is 9.89 Å². The van der Waals surface area contributed by atoms with Gasteiger partial charge in [-0.2, -0.15) is 0 Å². The van der Waals surface area contributed by atoms with E-state index in [9.17, 15) is 19.7 Å². The summed E-state index contributed by atoms with van der Waals surface area (Å²) in [6.07, 6.45) is 1.93. The lowest BCUT2D eigenvalue weighted by Gasteiger charge is -2.25. The van der Waals surface area contributed by atoms with Crippen LogP contribution in [0, 0.1) is 10.1 Å². The SMILES string of the molecule is O=C(CC[C@@H]1N=C2c3ccccc3N=C(SCc3cccc([N+](=O)[O-])c3)N2C1=O)NCc1ccco1. The number of nitro groups is 1. The average Bonchev–Trinajstić information content (AvgIpc) is 3.53. The molecule has 3 aromatic rings. The number of benzene rings is 2. The Labute approximate surface area is 210 Å². The highest BCUT2D eigenvalue weighted by Gasteiger charge is 2.41. The van der Waals surface area contributed by atoms with Gasteiger partial charge in [-0.15, -0.1) is 0 Å². The molecule has 0 bridgehead atoms. The van der Waals surface area contributed by atoms with E-state index in [4.69, 9.17) is 4.42 Å². The van der Waals surface area contributed by atoms with Gasteiger partial charge in [0.25, 0.3) is 11.6 Å². The number of furan rings is 1. The number of nitrogens with one attached hydrogen (secondary N) is 1. The molecule has 2 aliphatic heterocycles. The number of carbonyl (C=O) groups excluding carboxylic acids is 2. The third-order valence-corrected chi connectivity index (χ3v) is 6.73. The van der Waals surface area contributed by atoms with Crippen molar-refractivity contribution in [1.82, 2.24) is 10.2 Å². The minimum atomic E-state index is -0.705. The molecule has 10 nitrogen and oxygen atoms in total. The van der Waals surface area contributed by atoms with Crippen molar-refractivity contribution in [3.8, 4) is 0 Å². The van der Waals surface area contributed by atoms with Gasteiger partial charge in [-0.05, 0) is 36.2 Å². The van der Waals surface area contributed by atoms with Gasteiger partial charge in [0.15, 0.2) is 5.17 Å². The van der Waals surface area contributed by atoms with Gasteiger partial charge in [-0.1, -0.05) is 36.0 Å². The molecule has 0 aliphatic carbocycles. The predicted octanol–water partition coefficient (Wildman–Crippen LogP) is 4.18. The van der Waals surface area contributed by atoms with Crippen LogP contribution >= 0.6 is 11.8 Å². The second kappa shape index (κ2) is 10.2. The third kappa shape index (κ3) is 4.91. The van der Waals surface area contributed by atoms with E-state index < -0.39 is 11.0 Å². The molecule has 182 valence electrons. The van der Waals surface area contributed by atoms with E-state index in [0.717, 1.165) is 11.1 Å². The number of hydrogen-bond acceptors (Lipinski definition) is 8. The van der Waals surface area contributed by atoms with Gasteiger partial charge in [0.2, 0.25) is 5.91 Å². The molecular weight excluding hydrogens is 482 g/mol. The number of para-hydroxylation sites is 1. The zero-order valence-electron chi connectivity index (χ0n) is 19.0. The predicted molar refractivity (Wildman–Crippen MR) is 135 cm³/mol. The monoisotopic (exact) mass is 503 g/mol. The number of non-ortho nitro benzene ring substituents is 1. The first-order chi connectivity index (χ1) is 17.5. The Hall–Kier alpha value is -4.25. The quantitative estimate of drug-likeness (QED) is 0.363. The van der Waals surface area contributed by atoms with Crippen LogP contribution in [0.15, 0.2) is 81.3 Å². The number of nitro benzene ring substituents is 1. The molecule has 0 saturated carbocycles. The Balaban J connectivity index is 1.30. The van der Waals surface area contributed by atoms with Crippen LogP contribution in [0.4, 0.5) is 11.4 Å². The lowest BCUT2D eigenvalue weighted by atomic mass is 10.1. The molecule has 0 radical (unpaired) electrons. The molecule has 2 aromatic carbocycles. The van der Waals surface area contributed by atoms with Crippen molar-refractivity contribution in [2.75, 3.05) is 0 Å². The number of amides is 2. The molecule has 0 unspecified atom stereocenters. The van der Waals surface area contributed by atoms with Crippen molar-refractivity contribution >= 4 is 46.0 Å². The van der Waals surface area contributed by atoms with Gasteiger partial charge in [0.05, 0.1) is 23.4 Å². The largest absolute Gasteiger partial charge is 0.467 e. The molecule has 0 saturated heterocycles. The van der Waals surface area contributed by atoms with Gasteiger partial charge >= 0.3 is 0 Å². The summed E-state index contributed by atoms with van der Waals surface area (Å²) in [7, 11) is 0. The van der Waals surface area contributed by atoms with E-state index in [-0.39, 0.29) is 36.9 Å². The van der Waals surface area contributed by atoms with E-state index in [1.807, 2.05) is 24.3 Å². The Morgan fingerprint density at radius 3 is 2.83 bits per heavy atom.